The van der Waals surface area contributed by atoms with Crippen molar-refractivity contribution in [3.8, 4) is 0 Å². The van der Waals surface area contributed by atoms with Crippen LogP contribution in [0.25, 0.3) is 0 Å². The minimum atomic E-state index is -0.321. The van der Waals surface area contributed by atoms with Gasteiger partial charge < -0.3 is 10.1 Å². The van der Waals surface area contributed by atoms with E-state index in [1.165, 1.54) is 0 Å². The second-order valence-corrected chi connectivity index (χ2v) is 2.90. The quantitative estimate of drug-likeness (QED) is 0.665. The third-order valence-corrected chi connectivity index (χ3v) is 1.75. The molecule has 0 amide bonds. The number of nitrogens with zero attached hydrogens (tertiary/aromatic N) is 1. The maximum atomic E-state index is 9.16. The molecule has 0 fully saturated rings. The number of imidazole rings is 1. The van der Waals surface area contributed by atoms with Crippen LogP contribution in [0, 0.1) is 0 Å². The van der Waals surface area contributed by atoms with Crippen molar-refractivity contribution < 1.29 is 5.11 Å². The molecule has 0 radical (unpaired) electrons. The Morgan fingerprint density at radius 1 is 1.83 bits per heavy atom. The number of aliphatic hydroxyl groups is 1. The molecule has 0 aromatic carbocycles. The Kier molecular flexibility index (Phi) is 3.05. The molecule has 2 unspecified atom stereocenters. The third-order valence-electron chi connectivity index (χ3n) is 1.75. The molecule has 1 heterocycles. The molecule has 66 valence electrons. The normalized spacial score (nSPS) is 15.5. The van der Waals surface area contributed by atoms with Crippen molar-refractivity contribution in [2.24, 2.45) is 0 Å². The molecule has 0 saturated carbocycles. The van der Waals surface area contributed by atoms with Gasteiger partial charge in [-0.05, 0) is 13.3 Å². The Hall–Kier alpha value is -1.09. The Labute approximate surface area is 72.2 Å². The molecule has 1 aromatic heterocycles. The van der Waals surface area contributed by atoms with Crippen LogP contribution in [0.4, 0.5) is 0 Å². The van der Waals surface area contributed by atoms with Crippen LogP contribution in [0.5, 0.6) is 0 Å². The highest BCUT2D eigenvalue weighted by Gasteiger charge is 2.11. The zero-order chi connectivity index (χ0) is 8.97. The predicted molar refractivity (Wildman–Crippen MR) is 47.8 cm³/mol. The Morgan fingerprint density at radius 3 is 3.00 bits per heavy atom. The monoisotopic (exact) mass is 166 g/mol. The number of nitrogens with one attached hydrogen (secondary N) is 1. The summed E-state index contributed by atoms with van der Waals surface area (Å²) >= 11 is 0. The molecule has 0 saturated heterocycles. The van der Waals surface area contributed by atoms with Gasteiger partial charge in [-0.1, -0.05) is 6.08 Å². The number of aromatic amines is 1. The lowest BCUT2D eigenvalue weighted by Crippen LogP contribution is -2.07. The number of aromatic nitrogens is 2. The van der Waals surface area contributed by atoms with Crippen LogP contribution < -0.4 is 0 Å². The molecule has 0 spiro atoms. The van der Waals surface area contributed by atoms with E-state index >= 15 is 0 Å². The zero-order valence-corrected chi connectivity index (χ0v) is 7.20. The van der Waals surface area contributed by atoms with Crippen molar-refractivity contribution in [3.63, 3.8) is 0 Å². The third kappa shape index (κ3) is 2.20. The summed E-state index contributed by atoms with van der Waals surface area (Å²) in [6.07, 6.45) is 5.61. The summed E-state index contributed by atoms with van der Waals surface area (Å²) in [4.78, 5) is 7.10. The van der Waals surface area contributed by atoms with Gasteiger partial charge >= 0.3 is 0 Å². The molecule has 12 heavy (non-hydrogen) atoms. The number of rotatable bonds is 4. The fourth-order valence-electron chi connectivity index (χ4n) is 1.17. The van der Waals surface area contributed by atoms with E-state index < -0.39 is 0 Å². The highest BCUT2D eigenvalue weighted by molar-refractivity contribution is 5.05. The molecule has 0 aliphatic carbocycles. The largest absolute Gasteiger partial charge is 0.393 e. The van der Waals surface area contributed by atoms with Crippen molar-refractivity contribution in [3.05, 3.63) is 30.9 Å². The fourth-order valence-corrected chi connectivity index (χ4v) is 1.17. The lowest BCUT2D eigenvalue weighted by molar-refractivity contribution is 0.179. The van der Waals surface area contributed by atoms with Crippen LogP contribution in [0.1, 0.15) is 25.1 Å². The predicted octanol–water partition coefficient (Wildman–Crippen LogP) is 1.45. The fraction of sp³-hybridized carbons (Fsp3) is 0.444. The minimum Gasteiger partial charge on any atom is -0.393 e. The Morgan fingerprint density at radius 2 is 2.58 bits per heavy atom. The number of aliphatic hydroxyl groups excluding tert-OH is 1. The van der Waals surface area contributed by atoms with Gasteiger partial charge in [-0.3, -0.25) is 0 Å². The molecule has 3 nitrogen and oxygen atoms in total. The maximum absolute atomic E-state index is 9.16. The molecule has 0 aliphatic heterocycles. The number of hydrogen-bond acceptors (Lipinski definition) is 2. The average molecular weight is 166 g/mol. The molecular weight excluding hydrogens is 152 g/mol. The summed E-state index contributed by atoms with van der Waals surface area (Å²) < 4.78 is 0. The van der Waals surface area contributed by atoms with E-state index in [4.69, 9.17) is 5.11 Å². The smallest absolute Gasteiger partial charge is 0.113 e. The van der Waals surface area contributed by atoms with Gasteiger partial charge in [-0.25, -0.2) is 4.98 Å². The molecule has 0 aliphatic rings. The van der Waals surface area contributed by atoms with E-state index in [1.807, 2.05) is 0 Å². The number of H-pyrrole nitrogens is 1. The molecule has 1 rings (SSSR count). The molecule has 2 N–H and O–H groups in total. The maximum Gasteiger partial charge on any atom is 0.113 e. The van der Waals surface area contributed by atoms with Gasteiger partial charge in [0, 0.05) is 18.3 Å². The first-order valence-corrected chi connectivity index (χ1v) is 4.04. The number of hydrogen-bond donors (Lipinski definition) is 2. The summed E-state index contributed by atoms with van der Waals surface area (Å²) in [5.41, 5.74) is 0. The highest BCUT2D eigenvalue weighted by Crippen LogP contribution is 2.18. The summed E-state index contributed by atoms with van der Waals surface area (Å²) in [5.74, 6) is 0.992. The van der Waals surface area contributed by atoms with Gasteiger partial charge in [0.2, 0.25) is 0 Å². The van der Waals surface area contributed by atoms with E-state index in [1.54, 1.807) is 25.4 Å². The zero-order valence-electron chi connectivity index (χ0n) is 7.20. The Bertz CT molecular complexity index is 229. The molecule has 3 heteroatoms. The second-order valence-electron chi connectivity index (χ2n) is 2.90. The van der Waals surface area contributed by atoms with Crippen LogP contribution in [-0.4, -0.2) is 21.2 Å². The molecular formula is C9H14N2O. The molecule has 2 atom stereocenters. The number of allylic oxidation sites excluding steroid dienone is 1. The van der Waals surface area contributed by atoms with Crippen LogP contribution in [0.2, 0.25) is 0 Å². The lowest BCUT2D eigenvalue weighted by atomic mass is 10.0. The van der Waals surface area contributed by atoms with Crippen molar-refractivity contribution in [2.45, 2.75) is 25.4 Å². The van der Waals surface area contributed by atoms with Gasteiger partial charge in [0.1, 0.15) is 5.82 Å². The van der Waals surface area contributed by atoms with Gasteiger partial charge in [0.15, 0.2) is 0 Å². The lowest BCUT2D eigenvalue weighted by Gasteiger charge is -2.10. The van der Waals surface area contributed by atoms with E-state index in [-0.39, 0.29) is 12.0 Å². The summed E-state index contributed by atoms with van der Waals surface area (Å²) in [7, 11) is 0. The van der Waals surface area contributed by atoms with E-state index in [2.05, 4.69) is 16.5 Å². The first kappa shape index (κ1) is 9.00. The average Bonchev–Trinajstić information content (AvgIpc) is 2.51. The summed E-state index contributed by atoms with van der Waals surface area (Å²) in [5, 5.41) is 9.16. The SMILES string of the molecule is C=CC(CC(C)O)c1ncc[nH]1. The Balaban J connectivity index is 2.63. The topological polar surface area (TPSA) is 48.9 Å². The summed E-state index contributed by atoms with van der Waals surface area (Å²) in [6.45, 7) is 5.46. The van der Waals surface area contributed by atoms with E-state index in [9.17, 15) is 0 Å². The standard InChI is InChI=1S/C9H14N2O/c1-3-8(6-7(2)12)9-10-4-5-11-9/h3-5,7-8,12H,1,6H2,2H3,(H,10,11). The van der Waals surface area contributed by atoms with Gasteiger partial charge in [0.25, 0.3) is 0 Å². The first-order valence-electron chi connectivity index (χ1n) is 4.04. The van der Waals surface area contributed by atoms with Gasteiger partial charge in [-0.15, -0.1) is 6.58 Å². The van der Waals surface area contributed by atoms with Gasteiger partial charge in [-0.2, -0.15) is 0 Å². The molecule has 0 bridgehead atoms. The van der Waals surface area contributed by atoms with E-state index in [0.29, 0.717) is 6.42 Å². The first-order chi connectivity index (χ1) is 5.74. The van der Waals surface area contributed by atoms with Crippen molar-refractivity contribution in [1.82, 2.24) is 9.97 Å². The molecule has 1 aromatic rings. The van der Waals surface area contributed by atoms with Crippen molar-refractivity contribution in [1.29, 1.82) is 0 Å². The second kappa shape index (κ2) is 4.07. The highest BCUT2D eigenvalue weighted by atomic mass is 16.3. The van der Waals surface area contributed by atoms with Crippen molar-refractivity contribution in [2.75, 3.05) is 0 Å². The minimum absolute atomic E-state index is 0.125. The summed E-state index contributed by atoms with van der Waals surface area (Å²) in [6, 6.07) is 0. The van der Waals surface area contributed by atoms with Crippen LogP contribution in [0.15, 0.2) is 25.0 Å². The van der Waals surface area contributed by atoms with Crippen molar-refractivity contribution >= 4 is 0 Å². The van der Waals surface area contributed by atoms with Gasteiger partial charge in [0.05, 0.1) is 6.10 Å². The van der Waals surface area contributed by atoms with Crippen LogP contribution >= 0.6 is 0 Å². The van der Waals surface area contributed by atoms with E-state index in [0.717, 1.165) is 5.82 Å². The van der Waals surface area contributed by atoms with Crippen LogP contribution in [0.3, 0.4) is 0 Å². The van der Waals surface area contributed by atoms with Crippen LogP contribution in [-0.2, 0) is 0 Å².